The Morgan fingerprint density at radius 1 is 0.836 bits per heavy atom. The minimum Gasteiger partial charge on any atom is -0.508 e. The van der Waals surface area contributed by atoms with E-state index in [0.29, 0.717) is 39.3 Å². The number of aryl methyl sites for hydroxylation is 2. The fourth-order valence-electron chi connectivity index (χ4n) is 11.5. The number of carbonyl (C=O) groups excluding carboxylic acids is 4. The lowest BCUT2D eigenvalue weighted by molar-refractivity contribution is -0.131. The van der Waals surface area contributed by atoms with Gasteiger partial charge in [0.05, 0.1) is 48.0 Å². The molecular formula is C54H45ClN4O7S. The van der Waals surface area contributed by atoms with Crippen LogP contribution in [0.4, 0.5) is 11.5 Å². The second-order valence-corrected chi connectivity index (χ2v) is 19.6. The van der Waals surface area contributed by atoms with Gasteiger partial charge in [0.15, 0.2) is 0 Å². The first-order valence-electron chi connectivity index (χ1n) is 22.2. The lowest BCUT2D eigenvalue weighted by Gasteiger charge is -2.49. The molecule has 3 fully saturated rings. The summed E-state index contributed by atoms with van der Waals surface area (Å²) in [5.41, 5.74) is 3.66. The third-order valence-corrected chi connectivity index (χ3v) is 16.3. The number of thiophene rings is 1. The Hall–Kier alpha value is -7.02. The molecule has 4 heterocycles. The molecule has 336 valence electrons. The molecule has 2 aliphatic carbocycles. The molecule has 13 heteroatoms. The number of methoxy groups -OCH3 is 2. The highest BCUT2D eigenvalue weighted by Crippen LogP contribution is 2.65. The van der Waals surface area contributed by atoms with Crippen molar-refractivity contribution < 1.29 is 33.8 Å². The molecule has 0 spiro atoms. The Kier molecular flexibility index (Phi) is 10.1. The summed E-state index contributed by atoms with van der Waals surface area (Å²) < 4.78 is 13.5. The molecular weight excluding hydrogens is 884 g/mol. The minimum absolute atomic E-state index is 0.0105. The van der Waals surface area contributed by atoms with E-state index >= 15 is 9.59 Å². The van der Waals surface area contributed by atoms with Crippen LogP contribution in [0.1, 0.15) is 47.9 Å². The van der Waals surface area contributed by atoms with Crippen LogP contribution in [-0.4, -0.2) is 52.7 Å². The van der Waals surface area contributed by atoms with Crippen molar-refractivity contribution in [3.8, 4) is 27.8 Å². The highest BCUT2D eigenvalue weighted by molar-refractivity contribution is 7.22. The van der Waals surface area contributed by atoms with Gasteiger partial charge in [-0.05, 0) is 114 Å². The lowest BCUT2D eigenvalue weighted by Crippen LogP contribution is -2.49. The predicted octanol–water partition coefficient (Wildman–Crippen LogP) is 10.7. The Bertz CT molecular complexity index is 3330. The zero-order chi connectivity index (χ0) is 46.6. The molecule has 7 aromatic rings. The van der Waals surface area contributed by atoms with Gasteiger partial charge in [-0.1, -0.05) is 77.9 Å². The van der Waals surface area contributed by atoms with Gasteiger partial charge in [-0.25, -0.2) is 4.90 Å². The van der Waals surface area contributed by atoms with Crippen LogP contribution in [0.3, 0.4) is 0 Å². The molecule has 11 rings (SSSR count). The number of hydrogen-bond donors (Lipinski definition) is 1. The highest BCUT2D eigenvalue weighted by Gasteiger charge is 2.68. The highest BCUT2D eigenvalue weighted by atomic mass is 35.5. The van der Waals surface area contributed by atoms with Crippen LogP contribution in [0.25, 0.3) is 43.6 Å². The second-order valence-electron chi connectivity index (χ2n) is 18.1. The quantitative estimate of drug-likeness (QED) is 0.0905. The Morgan fingerprint density at radius 2 is 1.63 bits per heavy atom. The van der Waals surface area contributed by atoms with Crippen molar-refractivity contribution in [1.29, 1.82) is 0 Å². The molecule has 6 unspecified atom stereocenters. The molecule has 0 radical (unpaired) electrons. The van der Waals surface area contributed by atoms with Gasteiger partial charge in [0.25, 0.3) is 0 Å². The van der Waals surface area contributed by atoms with Crippen molar-refractivity contribution in [2.24, 2.45) is 36.1 Å². The average molecular weight is 929 g/mol. The summed E-state index contributed by atoms with van der Waals surface area (Å²) in [5, 5.41) is 20.0. The van der Waals surface area contributed by atoms with Crippen LogP contribution in [-0.2, 0) is 26.2 Å². The zero-order valence-corrected chi connectivity index (χ0v) is 38.9. The van der Waals surface area contributed by atoms with E-state index in [-0.39, 0.29) is 30.4 Å². The first-order valence-corrected chi connectivity index (χ1v) is 23.4. The zero-order valence-electron chi connectivity index (χ0n) is 37.3. The number of hydrogen-bond acceptors (Lipinski definition) is 9. The number of aromatic nitrogens is 2. The molecule has 4 amide bonds. The van der Waals surface area contributed by atoms with Crippen molar-refractivity contribution in [3.05, 3.63) is 142 Å². The molecule has 5 aromatic carbocycles. The first-order chi connectivity index (χ1) is 32.3. The molecule has 2 aliphatic heterocycles. The summed E-state index contributed by atoms with van der Waals surface area (Å²) in [7, 11) is 4.94. The van der Waals surface area contributed by atoms with E-state index in [1.165, 1.54) is 9.80 Å². The molecule has 6 atom stereocenters. The fraction of sp³-hybridized carbons (Fsp3) is 0.241. The van der Waals surface area contributed by atoms with E-state index in [4.69, 9.17) is 26.2 Å². The van der Waals surface area contributed by atoms with Gasteiger partial charge in [-0.2, -0.15) is 5.10 Å². The van der Waals surface area contributed by atoms with Crippen molar-refractivity contribution in [2.45, 2.75) is 32.6 Å². The van der Waals surface area contributed by atoms with Gasteiger partial charge in [-0.3, -0.25) is 28.8 Å². The summed E-state index contributed by atoms with van der Waals surface area (Å²) in [6, 6.07) is 31.5. The van der Waals surface area contributed by atoms with Crippen molar-refractivity contribution >= 4 is 91.1 Å². The van der Waals surface area contributed by atoms with Gasteiger partial charge in [0.2, 0.25) is 23.6 Å². The molecule has 0 bridgehead atoms. The SMILES string of the molecule is COc1ccc(OC)c(C=Cc2ccc(N3C(=O)C4CC=C5C(CC6C(=O)N(c7cc(-c8sc9ccc(Cl)cc9c8C)nn7C)C(=O)C6(C)C5c5c(O)ccc6ccccc56)C4C3=O)cc2)c1. The summed E-state index contributed by atoms with van der Waals surface area (Å²) in [6.07, 6.45) is 6.27. The van der Waals surface area contributed by atoms with Crippen LogP contribution in [0.2, 0.25) is 5.02 Å². The monoisotopic (exact) mass is 928 g/mol. The Morgan fingerprint density at radius 3 is 2.40 bits per heavy atom. The predicted molar refractivity (Wildman–Crippen MR) is 261 cm³/mol. The summed E-state index contributed by atoms with van der Waals surface area (Å²) >= 11 is 7.94. The Balaban J connectivity index is 0.973. The number of fused-ring (bicyclic) bond motifs is 6. The van der Waals surface area contributed by atoms with Crippen LogP contribution < -0.4 is 19.3 Å². The average Bonchev–Trinajstić information content (AvgIpc) is 4.01. The largest absolute Gasteiger partial charge is 0.508 e. The lowest BCUT2D eigenvalue weighted by atomic mass is 9.51. The second kappa shape index (κ2) is 15.8. The first kappa shape index (κ1) is 42.6. The number of rotatable bonds is 8. The van der Waals surface area contributed by atoms with Crippen LogP contribution in [0.5, 0.6) is 17.2 Å². The molecule has 67 heavy (non-hydrogen) atoms. The topological polar surface area (TPSA) is 131 Å². The molecule has 2 aromatic heterocycles. The van der Waals surface area contributed by atoms with E-state index in [9.17, 15) is 14.7 Å². The van der Waals surface area contributed by atoms with Crippen molar-refractivity contribution in [1.82, 2.24) is 9.78 Å². The molecule has 11 nitrogen and oxygen atoms in total. The number of halogens is 1. The van der Waals surface area contributed by atoms with E-state index in [0.717, 1.165) is 48.0 Å². The third-order valence-electron chi connectivity index (χ3n) is 14.8. The van der Waals surface area contributed by atoms with E-state index in [2.05, 4.69) is 0 Å². The van der Waals surface area contributed by atoms with Gasteiger partial charge in [0.1, 0.15) is 28.8 Å². The smallest absolute Gasteiger partial charge is 0.242 e. The molecule has 2 saturated heterocycles. The number of carbonyl (C=O) groups is 4. The fourth-order valence-corrected chi connectivity index (χ4v) is 12.8. The van der Waals surface area contributed by atoms with Crippen molar-refractivity contribution in [2.75, 3.05) is 24.0 Å². The minimum atomic E-state index is -1.38. The number of amides is 4. The number of ether oxygens (including phenoxy) is 2. The van der Waals surface area contributed by atoms with Crippen molar-refractivity contribution in [3.63, 3.8) is 0 Å². The molecule has 1 saturated carbocycles. The third kappa shape index (κ3) is 6.40. The number of phenolic OH excluding ortho intramolecular Hbond substituents is 1. The molecule has 1 N–H and O–H groups in total. The Labute approximate surface area is 395 Å². The standard InChI is InChI=1S/C54H45ClN4O7S/c1-28-38-25-32(55)15-23-44(38)67-49(28)41-27-45(57(3)56-41)59-51(62)40-26-39-36(48(54(40,2)53(59)64)47-35-9-7-6-8-30(35)14-21-42(47)60)19-20-37-46(39)52(63)58(50(37)61)33-16-11-29(12-17-33)10-13-31-24-34(65-4)18-22-43(31)66-5/h6-19,21-25,27,37,39-40,46,48,60H,20,26H2,1-5H3. The van der Waals surface area contributed by atoms with E-state index < -0.39 is 46.8 Å². The summed E-state index contributed by atoms with van der Waals surface area (Å²) in [5.74, 6) is -3.52. The van der Waals surface area contributed by atoms with Crippen LogP contribution >= 0.6 is 22.9 Å². The number of anilines is 2. The maximum absolute atomic E-state index is 15.5. The number of nitrogens with zero attached hydrogens (tertiary/aromatic N) is 4. The van der Waals surface area contributed by atoms with Crippen LogP contribution in [0, 0.1) is 36.0 Å². The number of benzene rings is 5. The van der Waals surface area contributed by atoms with Gasteiger partial charge < -0.3 is 14.6 Å². The normalized spacial score (nSPS) is 23.6. The number of allylic oxidation sites excluding steroid dienone is 2. The maximum Gasteiger partial charge on any atom is 0.242 e. The summed E-state index contributed by atoms with van der Waals surface area (Å²) in [6.45, 7) is 3.84. The van der Waals surface area contributed by atoms with Crippen LogP contribution in [0.15, 0.2) is 115 Å². The van der Waals surface area contributed by atoms with E-state index in [1.54, 1.807) is 61.6 Å². The van der Waals surface area contributed by atoms with Gasteiger partial charge >= 0.3 is 0 Å². The van der Waals surface area contributed by atoms with Gasteiger partial charge in [-0.15, -0.1) is 11.3 Å². The number of phenols is 1. The molecule has 4 aliphatic rings. The van der Waals surface area contributed by atoms with Gasteiger partial charge in [0, 0.05) is 39.9 Å². The maximum atomic E-state index is 15.5. The number of imide groups is 2. The summed E-state index contributed by atoms with van der Waals surface area (Å²) in [4.78, 5) is 63.7. The van der Waals surface area contributed by atoms with E-state index in [1.807, 2.05) is 111 Å². The number of aromatic hydroxyl groups is 1.